The molecule has 1 aromatic heterocycles. The Morgan fingerprint density at radius 1 is 1.54 bits per heavy atom. The molecule has 0 radical (unpaired) electrons. The quantitative estimate of drug-likeness (QED) is 0.693. The molecule has 1 aromatic rings. The van der Waals surface area contributed by atoms with Gasteiger partial charge in [-0.25, -0.2) is 0 Å². The summed E-state index contributed by atoms with van der Waals surface area (Å²) in [4.78, 5) is 0. The van der Waals surface area contributed by atoms with Gasteiger partial charge in [-0.2, -0.15) is 4.39 Å². The number of nitrogens with zero attached hydrogens (tertiary/aromatic N) is 1. The average Bonchev–Trinajstić information content (AvgIpc) is 2.49. The first kappa shape index (κ1) is 8.51. The van der Waals surface area contributed by atoms with Gasteiger partial charge in [0.15, 0.2) is 5.95 Å². The van der Waals surface area contributed by atoms with Crippen LogP contribution in [0.15, 0.2) is 18.3 Å². The van der Waals surface area contributed by atoms with Crippen LogP contribution >= 0.6 is 0 Å². The Hall–Kier alpha value is -1.09. The normalized spacial score (nSPS) is 17.2. The highest BCUT2D eigenvalue weighted by Crippen LogP contribution is 2.20. The number of rotatable bonds is 1. The molecule has 0 amide bonds. The first-order chi connectivity index (χ1) is 6.27. The van der Waals surface area contributed by atoms with Gasteiger partial charge < -0.3 is 9.88 Å². The van der Waals surface area contributed by atoms with E-state index in [1.54, 1.807) is 13.1 Å². The number of nitrogens with one attached hydrogen (secondary N) is 1. The van der Waals surface area contributed by atoms with Crippen LogP contribution in [0, 0.1) is 5.95 Å². The molecule has 70 valence electrons. The SMILES string of the molecule is Cn1cc(C2=CCNCC2)cc1F. The molecular formula is C10H13FN2. The van der Waals surface area contributed by atoms with Crippen LogP contribution in [0.4, 0.5) is 4.39 Å². The molecule has 2 heterocycles. The fourth-order valence-electron chi connectivity index (χ4n) is 1.60. The highest BCUT2D eigenvalue weighted by atomic mass is 19.1. The molecule has 0 atom stereocenters. The summed E-state index contributed by atoms with van der Waals surface area (Å²) in [6.45, 7) is 1.88. The molecular weight excluding hydrogens is 167 g/mol. The number of hydrogen-bond donors (Lipinski definition) is 1. The summed E-state index contributed by atoms with van der Waals surface area (Å²) in [5.41, 5.74) is 2.26. The Balaban J connectivity index is 2.29. The first-order valence-electron chi connectivity index (χ1n) is 4.49. The van der Waals surface area contributed by atoms with E-state index in [1.807, 2.05) is 6.20 Å². The third-order valence-corrected chi connectivity index (χ3v) is 2.38. The van der Waals surface area contributed by atoms with Crippen LogP contribution in [0.25, 0.3) is 5.57 Å². The van der Waals surface area contributed by atoms with E-state index in [4.69, 9.17) is 0 Å². The van der Waals surface area contributed by atoms with Crippen molar-refractivity contribution >= 4 is 5.57 Å². The van der Waals surface area contributed by atoms with Gasteiger partial charge in [0.25, 0.3) is 0 Å². The van der Waals surface area contributed by atoms with Gasteiger partial charge in [-0.3, -0.25) is 0 Å². The van der Waals surface area contributed by atoms with Crippen molar-refractivity contribution in [3.05, 3.63) is 29.9 Å². The molecule has 0 saturated heterocycles. The average molecular weight is 180 g/mol. The Labute approximate surface area is 77.1 Å². The standard InChI is InChI=1S/C10H13FN2/c1-13-7-9(6-10(13)11)8-2-4-12-5-3-8/h2,6-7,12H,3-5H2,1H3. The minimum Gasteiger partial charge on any atom is -0.327 e. The van der Waals surface area contributed by atoms with Crippen LogP contribution in [0.3, 0.4) is 0 Å². The zero-order valence-corrected chi connectivity index (χ0v) is 7.68. The van der Waals surface area contributed by atoms with Crippen LogP contribution in [0.2, 0.25) is 0 Å². The molecule has 0 aliphatic carbocycles. The van der Waals surface area contributed by atoms with Crippen molar-refractivity contribution < 1.29 is 4.39 Å². The van der Waals surface area contributed by atoms with Crippen LogP contribution in [-0.4, -0.2) is 17.7 Å². The fourth-order valence-corrected chi connectivity index (χ4v) is 1.60. The zero-order valence-electron chi connectivity index (χ0n) is 7.68. The van der Waals surface area contributed by atoms with Crippen molar-refractivity contribution in [2.45, 2.75) is 6.42 Å². The summed E-state index contributed by atoms with van der Waals surface area (Å²) in [5, 5.41) is 3.23. The van der Waals surface area contributed by atoms with E-state index in [1.165, 1.54) is 10.1 Å². The maximum atomic E-state index is 13.0. The minimum absolute atomic E-state index is 0.172. The van der Waals surface area contributed by atoms with E-state index >= 15 is 0 Å². The largest absolute Gasteiger partial charge is 0.327 e. The van der Waals surface area contributed by atoms with Crippen LogP contribution in [0.1, 0.15) is 12.0 Å². The molecule has 0 unspecified atom stereocenters. The Kier molecular flexibility index (Phi) is 2.19. The van der Waals surface area contributed by atoms with Crippen LogP contribution in [-0.2, 0) is 7.05 Å². The van der Waals surface area contributed by atoms with Crippen LogP contribution < -0.4 is 5.32 Å². The van der Waals surface area contributed by atoms with Crippen molar-refractivity contribution in [2.24, 2.45) is 7.05 Å². The number of halogens is 1. The third kappa shape index (κ3) is 1.65. The molecule has 0 saturated carbocycles. The molecule has 0 fully saturated rings. The van der Waals surface area contributed by atoms with Gasteiger partial charge in [-0.15, -0.1) is 0 Å². The van der Waals surface area contributed by atoms with Gasteiger partial charge in [0.2, 0.25) is 0 Å². The summed E-state index contributed by atoms with van der Waals surface area (Å²) in [5.74, 6) is -0.172. The predicted molar refractivity (Wildman–Crippen MR) is 50.8 cm³/mol. The molecule has 13 heavy (non-hydrogen) atoms. The maximum absolute atomic E-state index is 13.0. The lowest BCUT2D eigenvalue weighted by Crippen LogP contribution is -2.19. The molecule has 3 heteroatoms. The lowest BCUT2D eigenvalue weighted by Gasteiger charge is -2.12. The number of aromatic nitrogens is 1. The number of aryl methyl sites for hydroxylation is 1. The topological polar surface area (TPSA) is 17.0 Å². The fraction of sp³-hybridized carbons (Fsp3) is 0.400. The van der Waals surface area contributed by atoms with Crippen molar-refractivity contribution in [1.82, 2.24) is 9.88 Å². The second-order valence-electron chi connectivity index (χ2n) is 3.35. The van der Waals surface area contributed by atoms with E-state index in [2.05, 4.69) is 11.4 Å². The Morgan fingerprint density at radius 2 is 2.38 bits per heavy atom. The monoisotopic (exact) mass is 180 g/mol. The van der Waals surface area contributed by atoms with Gasteiger partial charge in [-0.05, 0) is 24.1 Å². The second-order valence-corrected chi connectivity index (χ2v) is 3.35. The van der Waals surface area contributed by atoms with Crippen molar-refractivity contribution in [2.75, 3.05) is 13.1 Å². The first-order valence-corrected chi connectivity index (χ1v) is 4.49. The van der Waals surface area contributed by atoms with Gasteiger partial charge in [0.05, 0.1) is 0 Å². The zero-order chi connectivity index (χ0) is 9.26. The van der Waals surface area contributed by atoms with Crippen LogP contribution in [0.5, 0.6) is 0 Å². The van der Waals surface area contributed by atoms with E-state index in [0.717, 1.165) is 25.1 Å². The second kappa shape index (κ2) is 3.34. The summed E-state index contributed by atoms with van der Waals surface area (Å²) < 4.78 is 14.5. The summed E-state index contributed by atoms with van der Waals surface area (Å²) >= 11 is 0. The minimum atomic E-state index is -0.172. The van der Waals surface area contributed by atoms with Crippen molar-refractivity contribution in [3.63, 3.8) is 0 Å². The number of hydrogen-bond acceptors (Lipinski definition) is 1. The van der Waals surface area contributed by atoms with Gasteiger partial charge in [0.1, 0.15) is 0 Å². The smallest absolute Gasteiger partial charge is 0.194 e. The van der Waals surface area contributed by atoms with Gasteiger partial charge in [0, 0.05) is 25.9 Å². The van der Waals surface area contributed by atoms with Gasteiger partial charge in [-0.1, -0.05) is 6.08 Å². The summed E-state index contributed by atoms with van der Waals surface area (Å²) in [6, 6.07) is 1.59. The van der Waals surface area contributed by atoms with E-state index in [0.29, 0.717) is 0 Å². The molecule has 2 rings (SSSR count). The molecule has 0 bridgehead atoms. The maximum Gasteiger partial charge on any atom is 0.194 e. The Morgan fingerprint density at radius 3 is 2.92 bits per heavy atom. The molecule has 1 aliphatic rings. The highest BCUT2D eigenvalue weighted by molar-refractivity contribution is 5.66. The summed E-state index contributed by atoms with van der Waals surface area (Å²) in [7, 11) is 1.72. The molecule has 0 aromatic carbocycles. The Bertz CT molecular complexity index is 319. The molecule has 2 nitrogen and oxygen atoms in total. The van der Waals surface area contributed by atoms with Gasteiger partial charge >= 0.3 is 0 Å². The highest BCUT2D eigenvalue weighted by Gasteiger charge is 2.08. The van der Waals surface area contributed by atoms with Crippen molar-refractivity contribution in [3.8, 4) is 0 Å². The predicted octanol–water partition coefficient (Wildman–Crippen LogP) is 1.54. The van der Waals surface area contributed by atoms with E-state index in [-0.39, 0.29) is 5.95 Å². The molecule has 1 aliphatic heterocycles. The van der Waals surface area contributed by atoms with E-state index < -0.39 is 0 Å². The third-order valence-electron chi connectivity index (χ3n) is 2.38. The molecule has 1 N–H and O–H groups in total. The lowest BCUT2D eigenvalue weighted by molar-refractivity contribution is 0.535. The molecule has 0 spiro atoms. The lowest BCUT2D eigenvalue weighted by atomic mass is 10.0. The summed E-state index contributed by atoms with van der Waals surface area (Å²) in [6.07, 6.45) is 4.95. The van der Waals surface area contributed by atoms with Crippen molar-refractivity contribution in [1.29, 1.82) is 0 Å². The van der Waals surface area contributed by atoms with E-state index in [9.17, 15) is 4.39 Å².